The second-order valence-corrected chi connectivity index (χ2v) is 6.08. The fourth-order valence-corrected chi connectivity index (χ4v) is 2.30. The number of nitrogens with zero attached hydrogens (tertiary/aromatic N) is 2. The molecule has 0 bridgehead atoms. The lowest BCUT2D eigenvalue weighted by molar-refractivity contribution is -0.686. The van der Waals surface area contributed by atoms with E-state index in [2.05, 4.69) is 10.6 Å². The average Bonchev–Trinajstić information content (AvgIpc) is 2.62. The zero-order chi connectivity index (χ0) is 20.5. The Morgan fingerprint density at radius 1 is 0.786 bits per heavy atom. The minimum absolute atomic E-state index is 0.0478. The molecule has 9 heteroatoms. The first-order valence-corrected chi connectivity index (χ1v) is 8.52. The third-order valence-electron chi connectivity index (χ3n) is 3.49. The molecule has 9 nitrogen and oxygen atoms in total. The van der Waals surface area contributed by atoms with E-state index >= 15 is 0 Å². The molecule has 0 fully saturated rings. The number of rotatable bonds is 8. The fourth-order valence-electron chi connectivity index (χ4n) is 2.30. The van der Waals surface area contributed by atoms with Crippen LogP contribution in [0.15, 0.2) is 49.1 Å². The van der Waals surface area contributed by atoms with Crippen LogP contribution < -0.4 is 19.8 Å². The molecular weight excluding hydrogens is 364 g/mol. The standard InChI is InChI=1S/C19H20N4O5/c1-14(24)20-16-3-7-22(8-4-16)11-18(26)13-28-19(27)12-23-9-5-17(6-10-23)21-15(2)25/h3-10H,11-13H2,1-2H3/p+2. The molecule has 2 heterocycles. The summed E-state index contributed by atoms with van der Waals surface area (Å²) in [6, 6.07) is 6.64. The molecule has 0 spiro atoms. The van der Waals surface area contributed by atoms with Gasteiger partial charge in [-0.1, -0.05) is 0 Å². The van der Waals surface area contributed by atoms with Crippen LogP contribution in [0.1, 0.15) is 13.8 Å². The summed E-state index contributed by atoms with van der Waals surface area (Å²) in [5, 5.41) is 5.26. The predicted octanol–water partition coefficient (Wildman–Crippen LogP) is -0.00910. The third-order valence-corrected chi connectivity index (χ3v) is 3.49. The summed E-state index contributed by atoms with van der Waals surface area (Å²) in [5.74, 6) is -1.17. The van der Waals surface area contributed by atoms with E-state index < -0.39 is 5.97 Å². The van der Waals surface area contributed by atoms with Gasteiger partial charge >= 0.3 is 5.97 Å². The molecule has 28 heavy (non-hydrogen) atoms. The van der Waals surface area contributed by atoms with E-state index in [0.717, 1.165) is 0 Å². The average molecular weight is 386 g/mol. The van der Waals surface area contributed by atoms with Gasteiger partial charge < -0.3 is 15.4 Å². The molecule has 146 valence electrons. The van der Waals surface area contributed by atoms with Crippen LogP contribution in [0.4, 0.5) is 11.4 Å². The predicted molar refractivity (Wildman–Crippen MR) is 97.8 cm³/mol. The highest BCUT2D eigenvalue weighted by atomic mass is 16.5. The number of nitrogens with one attached hydrogen (secondary N) is 2. The van der Waals surface area contributed by atoms with Crippen LogP contribution in [-0.2, 0) is 37.0 Å². The Labute approximate surface area is 161 Å². The largest absolute Gasteiger partial charge is 0.453 e. The highest BCUT2D eigenvalue weighted by molar-refractivity contribution is 5.88. The monoisotopic (exact) mass is 386 g/mol. The van der Waals surface area contributed by atoms with Gasteiger partial charge in [-0.05, 0) is 0 Å². The van der Waals surface area contributed by atoms with Crippen molar-refractivity contribution in [1.82, 2.24) is 0 Å². The van der Waals surface area contributed by atoms with Gasteiger partial charge in [0, 0.05) is 38.1 Å². The molecule has 2 N–H and O–H groups in total. The molecule has 0 saturated heterocycles. The summed E-state index contributed by atoms with van der Waals surface area (Å²) in [5.41, 5.74) is 1.25. The van der Waals surface area contributed by atoms with Crippen LogP contribution in [0.3, 0.4) is 0 Å². The van der Waals surface area contributed by atoms with Gasteiger partial charge in [-0.15, -0.1) is 0 Å². The summed E-state index contributed by atoms with van der Waals surface area (Å²) < 4.78 is 8.20. The molecule has 0 atom stereocenters. The number of amides is 2. The first kappa shape index (κ1) is 20.7. The normalized spacial score (nSPS) is 10.1. The van der Waals surface area contributed by atoms with Gasteiger partial charge in [-0.3, -0.25) is 14.4 Å². The van der Waals surface area contributed by atoms with E-state index in [1.165, 1.54) is 13.8 Å². The van der Waals surface area contributed by atoms with Crippen LogP contribution in [0, 0.1) is 0 Å². The minimum atomic E-state index is -0.545. The summed E-state index contributed by atoms with van der Waals surface area (Å²) in [6.07, 6.45) is 6.55. The smallest absolute Gasteiger partial charge is 0.373 e. The Kier molecular flexibility index (Phi) is 7.32. The Morgan fingerprint density at radius 3 is 1.64 bits per heavy atom. The van der Waals surface area contributed by atoms with Crippen molar-refractivity contribution in [2.75, 3.05) is 17.2 Å². The molecule has 0 aliphatic rings. The van der Waals surface area contributed by atoms with Crippen molar-refractivity contribution >= 4 is 34.9 Å². The molecule has 0 unspecified atom stereocenters. The maximum absolute atomic E-state index is 12.0. The molecule has 0 aliphatic heterocycles. The topological polar surface area (TPSA) is 109 Å². The molecule has 0 radical (unpaired) electrons. The highest BCUT2D eigenvalue weighted by Crippen LogP contribution is 2.02. The maximum atomic E-state index is 12.0. The molecule has 0 aromatic carbocycles. The van der Waals surface area contributed by atoms with Crippen molar-refractivity contribution in [3.05, 3.63) is 49.1 Å². The van der Waals surface area contributed by atoms with Crippen LogP contribution in [-0.4, -0.2) is 30.2 Å². The van der Waals surface area contributed by atoms with Crippen LogP contribution in [0.25, 0.3) is 0 Å². The number of aromatic nitrogens is 2. The van der Waals surface area contributed by atoms with Crippen LogP contribution in [0.2, 0.25) is 0 Å². The van der Waals surface area contributed by atoms with E-state index in [9.17, 15) is 19.2 Å². The van der Waals surface area contributed by atoms with Crippen molar-refractivity contribution in [2.24, 2.45) is 0 Å². The maximum Gasteiger partial charge on any atom is 0.373 e. The number of hydrogen-bond donors (Lipinski definition) is 2. The number of carbonyl (C=O) groups excluding carboxylic acids is 4. The SMILES string of the molecule is CC(=O)Nc1cc[n+](CC(=O)COC(=O)C[n+]2ccc(NC(C)=O)cc2)cc1. The fraction of sp³-hybridized carbons (Fsp3) is 0.263. The number of carbonyl (C=O) groups is 4. The first-order chi connectivity index (χ1) is 13.3. The summed E-state index contributed by atoms with van der Waals surface area (Å²) in [7, 11) is 0. The zero-order valence-electron chi connectivity index (χ0n) is 15.7. The van der Waals surface area contributed by atoms with Gasteiger partial charge in [0.05, 0.1) is 11.4 Å². The molecule has 0 saturated carbocycles. The second-order valence-electron chi connectivity index (χ2n) is 6.08. The first-order valence-electron chi connectivity index (χ1n) is 8.52. The number of anilines is 2. The third kappa shape index (κ3) is 7.32. The molecule has 2 aromatic heterocycles. The Bertz CT molecular complexity index is 789. The van der Waals surface area contributed by atoms with E-state index in [-0.39, 0.29) is 37.3 Å². The lowest BCUT2D eigenvalue weighted by Crippen LogP contribution is -2.40. The molecule has 0 aliphatic carbocycles. The molecule has 2 aromatic rings. The van der Waals surface area contributed by atoms with Crippen molar-refractivity contribution < 1.29 is 33.0 Å². The van der Waals surface area contributed by atoms with Gasteiger partial charge in [0.25, 0.3) is 0 Å². The van der Waals surface area contributed by atoms with E-state index in [4.69, 9.17) is 4.74 Å². The Hall–Kier alpha value is -3.62. The van der Waals surface area contributed by atoms with Crippen molar-refractivity contribution in [2.45, 2.75) is 26.9 Å². The van der Waals surface area contributed by atoms with Gasteiger partial charge in [-0.2, -0.15) is 9.13 Å². The van der Waals surface area contributed by atoms with Gasteiger partial charge in [-0.25, -0.2) is 4.79 Å². The second kappa shape index (κ2) is 9.91. The van der Waals surface area contributed by atoms with Crippen LogP contribution >= 0.6 is 0 Å². The molecule has 2 amide bonds. The van der Waals surface area contributed by atoms with Crippen molar-refractivity contribution in [3.63, 3.8) is 0 Å². The van der Waals surface area contributed by atoms with Crippen molar-refractivity contribution in [3.8, 4) is 0 Å². The van der Waals surface area contributed by atoms with Crippen molar-refractivity contribution in [1.29, 1.82) is 0 Å². The zero-order valence-corrected chi connectivity index (χ0v) is 15.7. The summed E-state index contributed by atoms with van der Waals surface area (Å²) >= 11 is 0. The lowest BCUT2D eigenvalue weighted by Gasteiger charge is -2.03. The Morgan fingerprint density at radius 2 is 1.21 bits per heavy atom. The molecule has 2 rings (SSSR count). The Balaban J connectivity index is 1.76. The van der Waals surface area contributed by atoms with E-state index in [1.54, 1.807) is 58.2 Å². The number of pyridine rings is 2. The quantitative estimate of drug-likeness (QED) is 0.490. The molecular formula is C19H22N4O5+2. The number of Topliss-reactive ketones (excluding diaryl/α,β-unsaturated/α-hetero) is 1. The van der Waals surface area contributed by atoms with E-state index in [1.807, 2.05) is 0 Å². The van der Waals surface area contributed by atoms with Crippen LogP contribution in [0.5, 0.6) is 0 Å². The number of ether oxygens (including phenoxy) is 1. The van der Waals surface area contributed by atoms with Gasteiger partial charge in [0.1, 0.15) is 0 Å². The number of esters is 1. The highest BCUT2D eigenvalue weighted by Gasteiger charge is 2.15. The summed E-state index contributed by atoms with van der Waals surface area (Å²) in [4.78, 5) is 45.8. The van der Waals surface area contributed by atoms with E-state index in [0.29, 0.717) is 11.4 Å². The lowest BCUT2D eigenvalue weighted by atomic mass is 10.3. The summed E-state index contributed by atoms with van der Waals surface area (Å²) in [6.45, 7) is 2.49. The number of ketones is 1. The van der Waals surface area contributed by atoms with Gasteiger partial charge in [0.15, 0.2) is 31.4 Å². The minimum Gasteiger partial charge on any atom is -0.453 e. The number of hydrogen-bond acceptors (Lipinski definition) is 5. The van der Waals surface area contributed by atoms with Gasteiger partial charge in [0.2, 0.25) is 30.7 Å².